The van der Waals surface area contributed by atoms with Crippen LogP contribution in [-0.2, 0) is 4.79 Å². The second-order valence-electron chi connectivity index (χ2n) is 2.63. The van der Waals surface area contributed by atoms with E-state index in [1.54, 1.807) is 0 Å². The lowest BCUT2D eigenvalue weighted by Crippen LogP contribution is -2.42. The van der Waals surface area contributed by atoms with Crippen molar-refractivity contribution in [1.29, 1.82) is 0 Å². The summed E-state index contributed by atoms with van der Waals surface area (Å²) in [5, 5.41) is 0. The molecule has 0 fully saturated rings. The number of halogens is 6. The Morgan fingerprint density at radius 2 is 1.60 bits per heavy atom. The normalized spacial score (nSPS) is 13.9. The Bertz CT molecular complexity index is 239. The molecule has 15 heavy (non-hydrogen) atoms. The summed E-state index contributed by atoms with van der Waals surface area (Å²) in [6.07, 6.45) is -11.5. The molecule has 0 amide bonds. The number of rotatable bonds is 3. The smallest absolute Gasteiger partial charge is 0.300 e. The monoisotopic (exact) mass is 235 g/mol. The van der Waals surface area contributed by atoms with Gasteiger partial charge in [0.25, 0.3) is 0 Å². The van der Waals surface area contributed by atoms with Crippen LogP contribution in [0.1, 0.15) is 6.42 Å². The molecule has 8 heteroatoms. The molecular weight excluding hydrogens is 228 g/mol. The van der Waals surface area contributed by atoms with E-state index < -0.39 is 30.5 Å². The molecule has 0 rings (SSSR count). The molecule has 0 aliphatic carbocycles. The maximum absolute atomic E-state index is 11.9. The average molecular weight is 235 g/mol. The number of alkyl halides is 6. The number of nitrogens with zero attached hydrogens (tertiary/aromatic N) is 1. The van der Waals surface area contributed by atoms with E-state index in [0.717, 1.165) is 7.05 Å². The van der Waals surface area contributed by atoms with Crippen LogP contribution in [-0.4, -0.2) is 31.4 Å². The number of hydrogen-bond acceptors (Lipinski definition) is 2. The van der Waals surface area contributed by atoms with E-state index in [0.29, 0.717) is 6.21 Å². The van der Waals surface area contributed by atoms with Crippen LogP contribution in [0.2, 0.25) is 0 Å². The minimum Gasteiger partial charge on any atom is -0.300 e. The molecule has 0 aromatic rings. The van der Waals surface area contributed by atoms with Crippen LogP contribution in [0.3, 0.4) is 0 Å². The summed E-state index contributed by atoms with van der Waals surface area (Å²) >= 11 is 0. The van der Waals surface area contributed by atoms with Crippen LogP contribution >= 0.6 is 0 Å². The Balaban J connectivity index is 4.89. The van der Waals surface area contributed by atoms with Crippen LogP contribution < -0.4 is 0 Å². The molecule has 0 aliphatic rings. The van der Waals surface area contributed by atoms with E-state index in [1.165, 1.54) is 0 Å². The summed E-state index contributed by atoms with van der Waals surface area (Å²) in [5.41, 5.74) is 0. The highest BCUT2D eigenvalue weighted by molar-refractivity contribution is 5.93. The summed E-state index contributed by atoms with van der Waals surface area (Å²) in [6.45, 7) is 0. The van der Waals surface area contributed by atoms with Crippen molar-refractivity contribution in [3.8, 4) is 0 Å². The number of aliphatic imine (C=N–C) groups is 1. The van der Waals surface area contributed by atoms with Crippen molar-refractivity contribution < 1.29 is 31.1 Å². The summed E-state index contributed by atoms with van der Waals surface area (Å²) in [4.78, 5) is 13.8. The Morgan fingerprint density at radius 1 is 1.20 bits per heavy atom. The topological polar surface area (TPSA) is 29.4 Å². The first-order valence-electron chi connectivity index (χ1n) is 3.67. The Kier molecular flexibility index (Phi) is 4.29. The molecule has 88 valence electrons. The Morgan fingerprint density at radius 3 is 1.87 bits per heavy atom. The van der Waals surface area contributed by atoms with Gasteiger partial charge in [-0.05, 0) is 0 Å². The highest BCUT2D eigenvalue weighted by Gasteiger charge is 2.60. The maximum Gasteiger partial charge on any atom is 0.407 e. The number of Topliss-reactive ketones (excluding diaryl/α,β-unsaturated/α-hetero) is 1. The predicted molar refractivity (Wildman–Crippen MR) is 39.6 cm³/mol. The fourth-order valence-corrected chi connectivity index (χ4v) is 0.850. The maximum atomic E-state index is 11.9. The number of carbonyl (C=O) groups excluding carboxylic acids is 1. The van der Waals surface area contributed by atoms with Gasteiger partial charge in [-0.2, -0.15) is 26.3 Å². The average Bonchev–Trinajstić information content (AvgIpc) is 1.94. The van der Waals surface area contributed by atoms with Crippen molar-refractivity contribution in [3.05, 3.63) is 0 Å². The molecule has 0 aromatic carbocycles. The van der Waals surface area contributed by atoms with Crippen LogP contribution in [0.4, 0.5) is 26.3 Å². The fourth-order valence-electron chi connectivity index (χ4n) is 0.850. The molecule has 0 atom stereocenters. The summed E-state index contributed by atoms with van der Waals surface area (Å²) in [7, 11) is 1.14. The first-order chi connectivity index (χ1) is 6.60. The predicted octanol–water partition coefficient (Wildman–Crippen LogP) is 2.39. The Hall–Kier alpha value is -1.08. The molecule has 2 nitrogen and oxygen atoms in total. The van der Waals surface area contributed by atoms with E-state index in [4.69, 9.17) is 0 Å². The lowest BCUT2D eigenvalue weighted by atomic mass is 10.0. The summed E-state index contributed by atoms with van der Waals surface area (Å²) < 4.78 is 71.5. The number of carbonyl (C=O) groups is 1. The number of ketones is 1. The van der Waals surface area contributed by atoms with Gasteiger partial charge in [-0.15, -0.1) is 0 Å². The third-order valence-electron chi connectivity index (χ3n) is 1.45. The highest BCUT2D eigenvalue weighted by Crippen LogP contribution is 2.40. The summed E-state index contributed by atoms with van der Waals surface area (Å²) in [5.74, 6) is -5.89. The lowest BCUT2D eigenvalue weighted by molar-refractivity contribution is -0.273. The van der Waals surface area contributed by atoms with Gasteiger partial charge in [-0.25, -0.2) is 0 Å². The first-order valence-corrected chi connectivity index (χ1v) is 3.67. The van der Waals surface area contributed by atoms with E-state index in [2.05, 4.69) is 4.99 Å². The molecular formula is C7H7F6NO. The molecule has 0 bridgehead atoms. The standard InChI is InChI=1S/C7H7F6NO/c1-14-3-2-4(15)5(6(8,9)10)7(11,12)13/h3,5H,2H2,1H3. The van der Waals surface area contributed by atoms with E-state index in [1.807, 2.05) is 0 Å². The van der Waals surface area contributed by atoms with Gasteiger partial charge in [-0.1, -0.05) is 0 Å². The second-order valence-corrected chi connectivity index (χ2v) is 2.63. The van der Waals surface area contributed by atoms with Crippen molar-refractivity contribution in [2.75, 3.05) is 7.05 Å². The molecule has 0 saturated heterocycles. The van der Waals surface area contributed by atoms with Crippen molar-refractivity contribution in [2.24, 2.45) is 10.9 Å². The van der Waals surface area contributed by atoms with Crippen LogP contribution in [0, 0.1) is 5.92 Å². The summed E-state index contributed by atoms with van der Waals surface area (Å²) in [6, 6.07) is 0. The van der Waals surface area contributed by atoms with Crippen LogP contribution in [0.25, 0.3) is 0 Å². The van der Waals surface area contributed by atoms with Gasteiger partial charge in [0.1, 0.15) is 0 Å². The molecule has 0 N–H and O–H groups in total. The fraction of sp³-hybridized carbons (Fsp3) is 0.714. The lowest BCUT2D eigenvalue weighted by Gasteiger charge is -2.20. The third-order valence-corrected chi connectivity index (χ3v) is 1.45. The molecule has 0 heterocycles. The van der Waals surface area contributed by atoms with Crippen molar-refractivity contribution in [1.82, 2.24) is 0 Å². The van der Waals surface area contributed by atoms with Crippen LogP contribution in [0.15, 0.2) is 4.99 Å². The Labute approximate surface area is 81.0 Å². The SMILES string of the molecule is CN=CCC(=O)C(C(F)(F)F)C(F)(F)F. The first kappa shape index (κ1) is 13.9. The van der Waals surface area contributed by atoms with E-state index in [9.17, 15) is 31.1 Å². The van der Waals surface area contributed by atoms with E-state index in [-0.39, 0.29) is 0 Å². The zero-order valence-corrected chi connectivity index (χ0v) is 7.49. The van der Waals surface area contributed by atoms with Crippen molar-refractivity contribution in [2.45, 2.75) is 18.8 Å². The molecule has 0 saturated carbocycles. The minimum atomic E-state index is -5.61. The van der Waals surface area contributed by atoms with Gasteiger partial charge in [-0.3, -0.25) is 4.79 Å². The molecule has 0 aromatic heterocycles. The molecule has 0 radical (unpaired) electrons. The quantitative estimate of drug-likeness (QED) is 0.545. The third kappa shape index (κ3) is 4.30. The van der Waals surface area contributed by atoms with Gasteiger partial charge in [0.05, 0.1) is 0 Å². The number of hydrogen-bond donors (Lipinski definition) is 0. The second kappa shape index (κ2) is 4.63. The molecule has 0 aliphatic heterocycles. The molecule has 0 unspecified atom stereocenters. The zero-order chi connectivity index (χ0) is 12.3. The van der Waals surface area contributed by atoms with Crippen molar-refractivity contribution >= 4 is 12.0 Å². The van der Waals surface area contributed by atoms with Gasteiger partial charge in [0, 0.05) is 19.7 Å². The van der Waals surface area contributed by atoms with Gasteiger partial charge < -0.3 is 4.99 Å². The van der Waals surface area contributed by atoms with Crippen molar-refractivity contribution in [3.63, 3.8) is 0 Å². The minimum absolute atomic E-state index is 0.701. The zero-order valence-electron chi connectivity index (χ0n) is 7.49. The van der Waals surface area contributed by atoms with Gasteiger partial charge in [0.2, 0.25) is 5.92 Å². The van der Waals surface area contributed by atoms with E-state index >= 15 is 0 Å². The van der Waals surface area contributed by atoms with Gasteiger partial charge >= 0.3 is 12.4 Å². The highest BCUT2D eigenvalue weighted by atomic mass is 19.4. The van der Waals surface area contributed by atoms with Gasteiger partial charge in [0.15, 0.2) is 5.78 Å². The van der Waals surface area contributed by atoms with Crippen LogP contribution in [0.5, 0.6) is 0 Å². The largest absolute Gasteiger partial charge is 0.407 e. The molecule has 0 spiro atoms.